The molecule has 7 nitrogen and oxygen atoms in total. The van der Waals surface area contributed by atoms with Crippen LogP contribution >= 0.6 is 11.6 Å². The van der Waals surface area contributed by atoms with Gasteiger partial charge in [-0.25, -0.2) is 4.98 Å². The van der Waals surface area contributed by atoms with Gasteiger partial charge in [0.25, 0.3) is 11.8 Å². The van der Waals surface area contributed by atoms with Gasteiger partial charge in [0, 0.05) is 44.5 Å². The number of hydrogen-bond acceptors (Lipinski definition) is 4. The van der Waals surface area contributed by atoms with Crippen LogP contribution in [0.4, 0.5) is 0 Å². The summed E-state index contributed by atoms with van der Waals surface area (Å²) in [6.07, 6.45) is 3.07. The van der Waals surface area contributed by atoms with Crippen molar-refractivity contribution in [1.29, 1.82) is 0 Å². The Kier molecular flexibility index (Phi) is 7.89. The van der Waals surface area contributed by atoms with Crippen molar-refractivity contribution in [3.8, 4) is 5.88 Å². The molecular weight excluding hydrogens is 428 g/mol. The average Bonchev–Trinajstić information content (AvgIpc) is 3.23. The number of benzene rings is 1. The van der Waals surface area contributed by atoms with Crippen LogP contribution in [0.3, 0.4) is 0 Å². The number of carbonyl (C=O) groups is 2. The summed E-state index contributed by atoms with van der Waals surface area (Å²) in [7, 11) is 5.06. The molecule has 2 amide bonds. The molecule has 1 atom stereocenters. The van der Waals surface area contributed by atoms with Crippen LogP contribution in [0.1, 0.15) is 32.8 Å². The highest BCUT2D eigenvalue weighted by atomic mass is 35.5. The molecule has 1 aromatic carbocycles. The van der Waals surface area contributed by atoms with Crippen LogP contribution in [-0.2, 0) is 13.5 Å². The number of pyridine rings is 1. The Labute approximate surface area is 193 Å². The lowest BCUT2D eigenvalue weighted by atomic mass is 10.0. The molecule has 0 radical (unpaired) electrons. The van der Waals surface area contributed by atoms with E-state index in [1.807, 2.05) is 49.6 Å². The first-order valence-corrected chi connectivity index (χ1v) is 10.7. The van der Waals surface area contributed by atoms with E-state index in [0.717, 1.165) is 5.56 Å². The zero-order valence-corrected chi connectivity index (χ0v) is 19.2. The molecule has 1 N–H and O–H groups in total. The minimum Gasteiger partial charge on any atom is -0.481 e. The van der Waals surface area contributed by atoms with E-state index in [4.69, 9.17) is 16.3 Å². The number of likely N-dealkylation sites (N-methyl/N-ethyl adjacent to an activating group) is 1. The maximum Gasteiger partial charge on any atom is 0.267 e. The number of carbonyl (C=O) groups excluding carboxylic acids is 2. The number of aryl methyl sites for hydroxylation is 1. The Bertz CT molecular complexity index is 1070. The zero-order valence-electron chi connectivity index (χ0n) is 18.4. The Hall–Kier alpha value is -3.32. The lowest BCUT2D eigenvalue weighted by Crippen LogP contribution is -2.41. The van der Waals surface area contributed by atoms with E-state index in [-0.39, 0.29) is 28.9 Å². The summed E-state index contributed by atoms with van der Waals surface area (Å²) < 4.78 is 6.91. The molecule has 0 aliphatic heterocycles. The van der Waals surface area contributed by atoms with E-state index in [9.17, 15) is 9.59 Å². The fourth-order valence-corrected chi connectivity index (χ4v) is 3.73. The van der Waals surface area contributed by atoms with Crippen LogP contribution in [-0.4, -0.2) is 53.0 Å². The molecule has 0 saturated heterocycles. The van der Waals surface area contributed by atoms with Crippen LogP contribution in [0.15, 0.2) is 60.8 Å². The molecule has 3 rings (SSSR count). The molecule has 1 unspecified atom stereocenters. The van der Waals surface area contributed by atoms with Gasteiger partial charge in [-0.3, -0.25) is 9.59 Å². The lowest BCUT2D eigenvalue weighted by molar-refractivity contribution is 0.0722. The normalized spacial score (nSPS) is 11.6. The molecule has 0 aliphatic rings. The van der Waals surface area contributed by atoms with E-state index in [1.54, 1.807) is 28.6 Å². The first-order chi connectivity index (χ1) is 15.4. The van der Waals surface area contributed by atoms with Crippen molar-refractivity contribution in [2.75, 3.05) is 20.7 Å². The van der Waals surface area contributed by atoms with Crippen molar-refractivity contribution in [2.24, 2.45) is 7.05 Å². The molecule has 0 fully saturated rings. The molecule has 168 valence electrons. The molecular formula is C24H27ClN4O3. The second kappa shape index (κ2) is 10.8. The molecule has 2 heterocycles. The van der Waals surface area contributed by atoms with Gasteiger partial charge < -0.3 is 19.5 Å². The molecule has 8 heteroatoms. The summed E-state index contributed by atoms with van der Waals surface area (Å²) >= 11 is 6.06. The maximum absolute atomic E-state index is 13.2. The second-order valence-corrected chi connectivity index (χ2v) is 7.92. The predicted molar refractivity (Wildman–Crippen MR) is 124 cm³/mol. The molecule has 0 spiro atoms. The smallest absolute Gasteiger partial charge is 0.267 e. The van der Waals surface area contributed by atoms with Crippen molar-refractivity contribution >= 4 is 23.4 Å². The fourth-order valence-electron chi connectivity index (χ4n) is 3.53. The van der Waals surface area contributed by atoms with E-state index >= 15 is 0 Å². The summed E-state index contributed by atoms with van der Waals surface area (Å²) in [6.45, 7) is 0.430. The van der Waals surface area contributed by atoms with E-state index in [0.29, 0.717) is 30.6 Å². The standard InChI is InChI=1S/C24H27ClN4O3/c1-28-13-7-10-20(28)23(30)26-12-11-19(14-17-8-5-4-6-9-17)29(2)24(31)18-15-21(25)27-22(16-18)32-3/h4-10,13,15-16,19H,11-12,14H2,1-3H3,(H,26,30). The van der Waals surface area contributed by atoms with Crippen molar-refractivity contribution in [2.45, 2.75) is 18.9 Å². The van der Waals surface area contributed by atoms with E-state index < -0.39 is 0 Å². The molecule has 3 aromatic rings. The van der Waals surface area contributed by atoms with Gasteiger partial charge in [0.2, 0.25) is 5.88 Å². The van der Waals surface area contributed by atoms with Crippen LogP contribution in [0, 0.1) is 0 Å². The van der Waals surface area contributed by atoms with Gasteiger partial charge in [-0.2, -0.15) is 0 Å². The Balaban J connectivity index is 1.74. The number of amides is 2. The summed E-state index contributed by atoms with van der Waals surface area (Å²) in [4.78, 5) is 31.4. The lowest BCUT2D eigenvalue weighted by Gasteiger charge is -2.29. The Morgan fingerprint density at radius 2 is 1.94 bits per heavy atom. The van der Waals surface area contributed by atoms with Crippen LogP contribution in [0.5, 0.6) is 5.88 Å². The molecule has 2 aromatic heterocycles. The Morgan fingerprint density at radius 3 is 2.59 bits per heavy atom. The van der Waals surface area contributed by atoms with Gasteiger partial charge in [-0.15, -0.1) is 0 Å². The highest BCUT2D eigenvalue weighted by molar-refractivity contribution is 6.29. The third-order valence-electron chi connectivity index (χ3n) is 5.35. The molecule has 0 aliphatic carbocycles. The van der Waals surface area contributed by atoms with Gasteiger partial charge in [-0.1, -0.05) is 41.9 Å². The summed E-state index contributed by atoms with van der Waals surface area (Å²) in [5.41, 5.74) is 2.10. The number of nitrogens with zero attached hydrogens (tertiary/aromatic N) is 3. The third-order valence-corrected chi connectivity index (χ3v) is 5.54. The number of ether oxygens (including phenoxy) is 1. The number of halogens is 1. The van der Waals surface area contributed by atoms with Gasteiger partial charge >= 0.3 is 0 Å². The second-order valence-electron chi connectivity index (χ2n) is 7.53. The van der Waals surface area contributed by atoms with Gasteiger partial charge in [-0.05, 0) is 36.6 Å². The first kappa shape index (κ1) is 23.3. The SMILES string of the molecule is COc1cc(C(=O)N(C)C(CCNC(=O)c2cccn2C)Cc2ccccc2)cc(Cl)n1. The molecule has 0 saturated carbocycles. The van der Waals surface area contributed by atoms with Crippen LogP contribution < -0.4 is 10.1 Å². The van der Waals surface area contributed by atoms with Crippen molar-refractivity contribution < 1.29 is 14.3 Å². The van der Waals surface area contributed by atoms with Crippen LogP contribution in [0.25, 0.3) is 0 Å². The van der Waals surface area contributed by atoms with Crippen LogP contribution in [0.2, 0.25) is 5.15 Å². The zero-order chi connectivity index (χ0) is 23.1. The maximum atomic E-state index is 13.2. The highest BCUT2D eigenvalue weighted by Crippen LogP contribution is 2.20. The number of methoxy groups -OCH3 is 1. The number of aromatic nitrogens is 2. The van der Waals surface area contributed by atoms with Gasteiger partial charge in [0.05, 0.1) is 7.11 Å². The number of hydrogen-bond donors (Lipinski definition) is 1. The summed E-state index contributed by atoms with van der Waals surface area (Å²) in [6, 6.07) is 16.5. The highest BCUT2D eigenvalue weighted by Gasteiger charge is 2.23. The summed E-state index contributed by atoms with van der Waals surface area (Å²) in [5, 5.41) is 3.14. The van der Waals surface area contributed by atoms with E-state index in [2.05, 4.69) is 10.3 Å². The number of nitrogens with one attached hydrogen (secondary N) is 1. The fraction of sp³-hybridized carbons (Fsp3) is 0.292. The molecule has 0 bridgehead atoms. The number of rotatable bonds is 9. The summed E-state index contributed by atoms with van der Waals surface area (Å²) in [5.74, 6) is -0.0541. The van der Waals surface area contributed by atoms with Gasteiger partial charge in [0.15, 0.2) is 0 Å². The van der Waals surface area contributed by atoms with Crippen molar-refractivity contribution in [1.82, 2.24) is 19.8 Å². The third kappa shape index (κ3) is 5.88. The monoisotopic (exact) mass is 454 g/mol. The van der Waals surface area contributed by atoms with Gasteiger partial charge in [0.1, 0.15) is 10.8 Å². The quantitative estimate of drug-likeness (QED) is 0.501. The molecule has 32 heavy (non-hydrogen) atoms. The largest absolute Gasteiger partial charge is 0.481 e. The predicted octanol–water partition coefficient (Wildman–Crippen LogP) is 3.59. The topological polar surface area (TPSA) is 76.5 Å². The van der Waals surface area contributed by atoms with E-state index in [1.165, 1.54) is 13.2 Å². The minimum absolute atomic E-state index is 0.142. The minimum atomic E-state index is -0.192. The van der Waals surface area contributed by atoms with Crippen molar-refractivity contribution in [3.05, 3.63) is 82.8 Å². The average molecular weight is 455 g/mol. The van der Waals surface area contributed by atoms with Crippen molar-refractivity contribution in [3.63, 3.8) is 0 Å². The Morgan fingerprint density at radius 1 is 1.19 bits per heavy atom. The first-order valence-electron chi connectivity index (χ1n) is 10.3.